The van der Waals surface area contributed by atoms with E-state index < -0.39 is 0 Å². The summed E-state index contributed by atoms with van der Waals surface area (Å²) < 4.78 is 15.3. The monoisotopic (exact) mass is 338 g/mol. The molecule has 1 aliphatic rings. The van der Waals surface area contributed by atoms with Gasteiger partial charge in [0.05, 0.1) is 6.42 Å². The third kappa shape index (κ3) is 2.99. The Labute approximate surface area is 145 Å². The molecular weight excluding hydrogens is 319 g/mol. The number of nitrogens with zero attached hydrogens (tertiary/aromatic N) is 4. The molecule has 0 saturated carbocycles. The first-order chi connectivity index (χ1) is 12.1. The molecule has 0 radical (unpaired) electrons. The lowest BCUT2D eigenvalue weighted by atomic mass is 10.1. The summed E-state index contributed by atoms with van der Waals surface area (Å²) in [5, 5.41) is 0. The van der Waals surface area contributed by atoms with E-state index in [4.69, 9.17) is 4.98 Å². The normalized spacial score (nSPS) is 17.4. The second-order valence-corrected chi connectivity index (χ2v) is 6.51. The molecule has 2 aromatic heterocycles. The first-order valence-electron chi connectivity index (χ1n) is 8.41. The number of likely N-dealkylation sites (tertiary alicyclic amines) is 1. The fourth-order valence-corrected chi connectivity index (χ4v) is 3.54. The summed E-state index contributed by atoms with van der Waals surface area (Å²) >= 11 is 0. The summed E-state index contributed by atoms with van der Waals surface area (Å²) in [7, 11) is 1.97. The molecule has 1 fully saturated rings. The van der Waals surface area contributed by atoms with Crippen molar-refractivity contribution in [3.63, 3.8) is 0 Å². The minimum Gasteiger partial charge on any atom is -0.342 e. The first-order valence-corrected chi connectivity index (χ1v) is 8.41. The van der Waals surface area contributed by atoms with Crippen LogP contribution in [-0.4, -0.2) is 38.4 Å². The van der Waals surface area contributed by atoms with Gasteiger partial charge in [-0.15, -0.1) is 0 Å². The zero-order valence-corrected chi connectivity index (χ0v) is 14.0. The molecule has 5 nitrogen and oxygen atoms in total. The lowest BCUT2D eigenvalue weighted by Crippen LogP contribution is -2.30. The Bertz CT molecular complexity index is 936. The number of imidazole rings is 1. The standard InChI is InChI=1S/C19H19FN4O/c1-23-18(22-16-6-3-8-21-19(16)23)14-7-9-24(12-14)17(25)11-13-4-2-5-15(20)10-13/h2-6,8,10,14H,7,9,11-12H2,1H3/t14-/m0/s1. The molecule has 0 aliphatic carbocycles. The number of pyridine rings is 1. The van der Waals surface area contributed by atoms with Gasteiger partial charge >= 0.3 is 0 Å². The molecular formula is C19H19FN4O. The average molecular weight is 338 g/mol. The molecule has 1 saturated heterocycles. The molecule has 1 amide bonds. The number of hydrogen-bond acceptors (Lipinski definition) is 3. The van der Waals surface area contributed by atoms with Crippen molar-refractivity contribution in [2.24, 2.45) is 7.05 Å². The lowest BCUT2D eigenvalue weighted by Gasteiger charge is -2.16. The number of hydrogen-bond donors (Lipinski definition) is 0. The number of benzene rings is 1. The third-order valence-corrected chi connectivity index (χ3v) is 4.81. The van der Waals surface area contributed by atoms with Crippen molar-refractivity contribution >= 4 is 17.1 Å². The summed E-state index contributed by atoms with van der Waals surface area (Å²) in [5.41, 5.74) is 2.45. The molecule has 1 atom stereocenters. The highest BCUT2D eigenvalue weighted by atomic mass is 19.1. The highest BCUT2D eigenvalue weighted by Crippen LogP contribution is 2.28. The summed E-state index contributed by atoms with van der Waals surface area (Å²) in [4.78, 5) is 23.4. The van der Waals surface area contributed by atoms with Crippen molar-refractivity contribution in [2.75, 3.05) is 13.1 Å². The summed E-state index contributed by atoms with van der Waals surface area (Å²) in [6.45, 7) is 1.35. The minimum absolute atomic E-state index is 0.0324. The average Bonchev–Trinajstić information content (AvgIpc) is 3.20. The zero-order chi connectivity index (χ0) is 17.4. The van der Waals surface area contributed by atoms with E-state index in [1.54, 1.807) is 18.3 Å². The Morgan fingerprint density at radius 3 is 3.00 bits per heavy atom. The fraction of sp³-hybridized carbons (Fsp3) is 0.316. The van der Waals surface area contributed by atoms with E-state index in [-0.39, 0.29) is 24.1 Å². The predicted molar refractivity (Wildman–Crippen MR) is 92.6 cm³/mol. The Balaban J connectivity index is 1.49. The van der Waals surface area contributed by atoms with E-state index >= 15 is 0 Å². The largest absolute Gasteiger partial charge is 0.342 e. The van der Waals surface area contributed by atoms with Gasteiger partial charge in [0.25, 0.3) is 0 Å². The number of amides is 1. The van der Waals surface area contributed by atoms with Gasteiger partial charge < -0.3 is 9.47 Å². The van der Waals surface area contributed by atoms with E-state index in [1.807, 2.05) is 28.6 Å². The molecule has 4 rings (SSSR count). The third-order valence-electron chi connectivity index (χ3n) is 4.81. The zero-order valence-electron chi connectivity index (χ0n) is 14.0. The van der Waals surface area contributed by atoms with Crippen LogP contribution >= 0.6 is 0 Å². The minimum atomic E-state index is -0.309. The van der Waals surface area contributed by atoms with Crippen LogP contribution in [0.4, 0.5) is 4.39 Å². The molecule has 6 heteroatoms. The quantitative estimate of drug-likeness (QED) is 0.738. The van der Waals surface area contributed by atoms with Gasteiger partial charge in [-0.3, -0.25) is 4.79 Å². The second kappa shape index (κ2) is 6.27. The van der Waals surface area contributed by atoms with Crippen LogP contribution < -0.4 is 0 Å². The molecule has 0 bridgehead atoms. The SMILES string of the molecule is Cn1c([C@H]2CCN(C(=O)Cc3cccc(F)c3)C2)nc2cccnc21. The number of rotatable bonds is 3. The molecule has 0 unspecified atom stereocenters. The number of aromatic nitrogens is 3. The number of carbonyl (C=O) groups is 1. The van der Waals surface area contributed by atoms with Crippen molar-refractivity contribution in [3.05, 3.63) is 59.8 Å². The highest BCUT2D eigenvalue weighted by Gasteiger charge is 2.30. The maximum atomic E-state index is 13.3. The number of aryl methyl sites for hydroxylation is 1. The van der Waals surface area contributed by atoms with Crippen molar-refractivity contribution < 1.29 is 9.18 Å². The van der Waals surface area contributed by atoms with Crippen molar-refractivity contribution in [1.82, 2.24) is 19.4 Å². The molecule has 0 N–H and O–H groups in total. The van der Waals surface area contributed by atoms with Crippen LogP contribution in [0.15, 0.2) is 42.6 Å². The molecule has 25 heavy (non-hydrogen) atoms. The molecule has 128 valence electrons. The Morgan fingerprint density at radius 1 is 1.32 bits per heavy atom. The fourth-order valence-electron chi connectivity index (χ4n) is 3.54. The summed E-state index contributed by atoms with van der Waals surface area (Å²) in [6.07, 6.45) is 2.87. The van der Waals surface area contributed by atoms with Crippen molar-refractivity contribution in [1.29, 1.82) is 0 Å². The van der Waals surface area contributed by atoms with Gasteiger partial charge in [0.1, 0.15) is 17.2 Å². The van der Waals surface area contributed by atoms with Crippen LogP contribution in [-0.2, 0) is 18.3 Å². The van der Waals surface area contributed by atoms with Crippen LogP contribution in [0.25, 0.3) is 11.2 Å². The Kier molecular flexibility index (Phi) is 3.95. The van der Waals surface area contributed by atoms with Crippen molar-refractivity contribution in [3.8, 4) is 0 Å². The molecule has 1 aliphatic heterocycles. The van der Waals surface area contributed by atoms with Crippen LogP contribution in [0.2, 0.25) is 0 Å². The van der Waals surface area contributed by atoms with Gasteiger partial charge in [0.15, 0.2) is 5.65 Å². The van der Waals surface area contributed by atoms with Crippen LogP contribution in [0.1, 0.15) is 23.7 Å². The summed E-state index contributed by atoms with van der Waals surface area (Å²) in [5.74, 6) is 0.896. The van der Waals surface area contributed by atoms with Crippen molar-refractivity contribution in [2.45, 2.75) is 18.8 Å². The Morgan fingerprint density at radius 2 is 2.20 bits per heavy atom. The van der Waals surface area contributed by atoms with Gasteiger partial charge in [-0.05, 0) is 36.2 Å². The summed E-state index contributed by atoms with van der Waals surface area (Å²) in [6, 6.07) is 10.1. The number of fused-ring (bicyclic) bond motifs is 1. The molecule has 1 aromatic carbocycles. The maximum absolute atomic E-state index is 13.3. The molecule has 3 aromatic rings. The number of carbonyl (C=O) groups excluding carboxylic acids is 1. The van der Waals surface area contributed by atoms with Gasteiger partial charge in [-0.2, -0.15) is 0 Å². The molecule has 0 spiro atoms. The smallest absolute Gasteiger partial charge is 0.227 e. The van der Waals surface area contributed by atoms with E-state index in [0.29, 0.717) is 18.7 Å². The van der Waals surface area contributed by atoms with Gasteiger partial charge in [0, 0.05) is 32.3 Å². The van der Waals surface area contributed by atoms with E-state index in [1.165, 1.54) is 12.1 Å². The predicted octanol–water partition coefficient (Wildman–Crippen LogP) is 2.67. The van der Waals surface area contributed by atoms with Gasteiger partial charge in [-0.1, -0.05) is 12.1 Å². The van der Waals surface area contributed by atoms with Gasteiger partial charge in [-0.25, -0.2) is 14.4 Å². The lowest BCUT2D eigenvalue weighted by molar-refractivity contribution is -0.129. The van der Waals surface area contributed by atoms with E-state index in [9.17, 15) is 9.18 Å². The molecule has 3 heterocycles. The van der Waals surface area contributed by atoms with E-state index in [0.717, 1.165) is 23.4 Å². The van der Waals surface area contributed by atoms with Gasteiger partial charge in [0.2, 0.25) is 5.91 Å². The number of halogens is 1. The first kappa shape index (κ1) is 15.7. The second-order valence-electron chi connectivity index (χ2n) is 6.51. The Hall–Kier alpha value is -2.76. The van der Waals surface area contributed by atoms with E-state index in [2.05, 4.69) is 4.98 Å². The van der Waals surface area contributed by atoms with Crippen LogP contribution in [0.5, 0.6) is 0 Å². The van der Waals surface area contributed by atoms with Crippen LogP contribution in [0.3, 0.4) is 0 Å². The van der Waals surface area contributed by atoms with Crippen LogP contribution in [0, 0.1) is 5.82 Å². The highest BCUT2D eigenvalue weighted by molar-refractivity contribution is 5.79. The maximum Gasteiger partial charge on any atom is 0.227 e. The topological polar surface area (TPSA) is 51.0 Å².